The first kappa shape index (κ1) is 15.1. The molecule has 0 bridgehead atoms. The summed E-state index contributed by atoms with van der Waals surface area (Å²) >= 11 is 0. The SMILES string of the molecule is Cn1[nH]c(=O)cc1C(=O)Nc1ccc2c(c1)C(=O)CC(C)(C)O2. The Morgan fingerprint density at radius 3 is 2.70 bits per heavy atom. The van der Waals surface area contributed by atoms with Crippen molar-refractivity contribution in [1.29, 1.82) is 0 Å². The lowest BCUT2D eigenvalue weighted by atomic mass is 9.93. The number of aromatic amines is 1. The van der Waals surface area contributed by atoms with Crippen LogP contribution in [0.4, 0.5) is 5.69 Å². The number of aryl methyl sites for hydroxylation is 1. The molecule has 0 unspecified atom stereocenters. The molecule has 0 aliphatic carbocycles. The number of benzene rings is 1. The van der Waals surface area contributed by atoms with E-state index in [-0.39, 0.29) is 23.5 Å². The molecule has 0 saturated heterocycles. The number of ether oxygens (including phenoxy) is 1. The number of nitrogens with zero attached hydrogens (tertiary/aromatic N) is 1. The molecule has 1 aliphatic rings. The second-order valence-corrected chi connectivity index (χ2v) is 6.19. The highest BCUT2D eigenvalue weighted by atomic mass is 16.5. The van der Waals surface area contributed by atoms with Crippen molar-refractivity contribution in [1.82, 2.24) is 9.78 Å². The number of hydrogen-bond acceptors (Lipinski definition) is 4. The number of amides is 1. The summed E-state index contributed by atoms with van der Waals surface area (Å²) < 4.78 is 7.11. The number of aromatic nitrogens is 2. The van der Waals surface area contributed by atoms with Crippen LogP contribution in [0.1, 0.15) is 41.1 Å². The molecule has 1 aliphatic heterocycles. The summed E-state index contributed by atoms with van der Waals surface area (Å²) in [5, 5.41) is 5.14. The van der Waals surface area contributed by atoms with Gasteiger partial charge in [-0.1, -0.05) is 0 Å². The first-order valence-corrected chi connectivity index (χ1v) is 7.19. The second kappa shape index (κ2) is 5.12. The third-order valence-corrected chi connectivity index (χ3v) is 3.65. The Morgan fingerprint density at radius 2 is 2.04 bits per heavy atom. The van der Waals surface area contributed by atoms with E-state index in [2.05, 4.69) is 10.4 Å². The summed E-state index contributed by atoms with van der Waals surface area (Å²) in [6, 6.07) is 6.14. The molecule has 0 spiro atoms. The molecule has 23 heavy (non-hydrogen) atoms. The predicted molar refractivity (Wildman–Crippen MR) is 84.1 cm³/mol. The van der Waals surface area contributed by atoms with E-state index >= 15 is 0 Å². The highest BCUT2D eigenvalue weighted by molar-refractivity contribution is 6.05. The summed E-state index contributed by atoms with van der Waals surface area (Å²) in [5.41, 5.74) is 0.243. The standard InChI is InChI=1S/C16H17N3O4/c1-16(2)8-12(20)10-6-9(4-5-13(10)23-16)17-15(22)11-7-14(21)18-19(11)3/h4-7H,8H2,1-3H3,(H,17,22)(H,18,21). The van der Waals surface area contributed by atoms with Gasteiger partial charge in [0, 0.05) is 18.8 Å². The van der Waals surface area contributed by atoms with Crippen molar-refractivity contribution in [2.24, 2.45) is 7.05 Å². The normalized spacial score (nSPS) is 15.7. The molecular formula is C16H17N3O4. The molecule has 0 atom stereocenters. The minimum absolute atomic E-state index is 0.0265. The Hall–Kier alpha value is -2.83. The lowest BCUT2D eigenvalue weighted by Crippen LogP contribution is -2.35. The Morgan fingerprint density at radius 1 is 1.30 bits per heavy atom. The number of ketones is 1. The van der Waals surface area contributed by atoms with Crippen LogP contribution in [0.3, 0.4) is 0 Å². The van der Waals surface area contributed by atoms with E-state index in [1.165, 1.54) is 10.7 Å². The number of carbonyl (C=O) groups excluding carboxylic acids is 2. The fraction of sp³-hybridized carbons (Fsp3) is 0.312. The zero-order valence-corrected chi connectivity index (χ0v) is 13.1. The molecule has 2 heterocycles. The van der Waals surface area contributed by atoms with E-state index in [9.17, 15) is 14.4 Å². The van der Waals surface area contributed by atoms with Gasteiger partial charge in [-0.3, -0.25) is 24.2 Å². The zero-order valence-electron chi connectivity index (χ0n) is 13.1. The van der Waals surface area contributed by atoms with Crippen LogP contribution in [0.5, 0.6) is 5.75 Å². The van der Waals surface area contributed by atoms with Crippen LogP contribution in [0.25, 0.3) is 0 Å². The van der Waals surface area contributed by atoms with Crippen molar-refractivity contribution >= 4 is 17.4 Å². The maximum Gasteiger partial charge on any atom is 0.273 e. The Kier molecular flexibility index (Phi) is 3.35. The van der Waals surface area contributed by atoms with Gasteiger partial charge in [-0.05, 0) is 32.0 Å². The average molecular weight is 315 g/mol. The first-order chi connectivity index (χ1) is 10.7. The predicted octanol–water partition coefficient (Wildman–Crippen LogP) is 1.71. The molecule has 0 radical (unpaired) electrons. The summed E-state index contributed by atoms with van der Waals surface area (Å²) in [6.07, 6.45) is 0.281. The van der Waals surface area contributed by atoms with E-state index in [1.807, 2.05) is 13.8 Å². The van der Waals surface area contributed by atoms with Crippen LogP contribution in [0, 0.1) is 0 Å². The van der Waals surface area contributed by atoms with E-state index in [1.54, 1.807) is 25.2 Å². The van der Waals surface area contributed by atoms with Crippen molar-refractivity contribution in [3.05, 3.63) is 45.9 Å². The van der Waals surface area contributed by atoms with Crippen LogP contribution in [0.2, 0.25) is 0 Å². The van der Waals surface area contributed by atoms with Gasteiger partial charge in [-0.15, -0.1) is 0 Å². The molecule has 7 heteroatoms. The van der Waals surface area contributed by atoms with Gasteiger partial charge >= 0.3 is 0 Å². The molecule has 1 amide bonds. The van der Waals surface area contributed by atoms with Gasteiger partial charge in [0.25, 0.3) is 11.5 Å². The number of carbonyl (C=O) groups is 2. The average Bonchev–Trinajstić information content (AvgIpc) is 2.77. The summed E-state index contributed by atoms with van der Waals surface area (Å²) in [6.45, 7) is 3.71. The smallest absolute Gasteiger partial charge is 0.273 e. The number of rotatable bonds is 2. The molecule has 3 rings (SSSR count). The third kappa shape index (κ3) is 2.90. The van der Waals surface area contributed by atoms with Crippen molar-refractivity contribution < 1.29 is 14.3 Å². The molecule has 0 fully saturated rings. The van der Waals surface area contributed by atoms with Gasteiger partial charge in [0.1, 0.15) is 17.0 Å². The molecule has 2 aromatic rings. The van der Waals surface area contributed by atoms with Crippen LogP contribution >= 0.6 is 0 Å². The number of hydrogen-bond donors (Lipinski definition) is 2. The fourth-order valence-corrected chi connectivity index (χ4v) is 2.62. The van der Waals surface area contributed by atoms with Gasteiger partial charge in [0.2, 0.25) is 0 Å². The van der Waals surface area contributed by atoms with Gasteiger partial charge in [-0.25, -0.2) is 0 Å². The largest absolute Gasteiger partial charge is 0.487 e. The minimum Gasteiger partial charge on any atom is -0.487 e. The Labute approximate surface area is 132 Å². The van der Waals surface area contributed by atoms with Crippen molar-refractivity contribution in [3.8, 4) is 5.75 Å². The summed E-state index contributed by atoms with van der Waals surface area (Å²) in [7, 11) is 1.57. The number of nitrogens with one attached hydrogen (secondary N) is 2. The maximum absolute atomic E-state index is 12.2. The topological polar surface area (TPSA) is 93.2 Å². The van der Waals surface area contributed by atoms with Crippen LogP contribution < -0.4 is 15.6 Å². The molecular weight excluding hydrogens is 298 g/mol. The lowest BCUT2D eigenvalue weighted by Gasteiger charge is -2.31. The molecule has 2 N–H and O–H groups in total. The summed E-state index contributed by atoms with van der Waals surface area (Å²) in [5.74, 6) is 0.0509. The quantitative estimate of drug-likeness (QED) is 0.882. The van der Waals surface area contributed by atoms with Crippen LogP contribution in [-0.2, 0) is 7.05 Å². The monoisotopic (exact) mass is 315 g/mol. The van der Waals surface area contributed by atoms with Crippen molar-refractivity contribution in [3.63, 3.8) is 0 Å². The maximum atomic E-state index is 12.2. The van der Waals surface area contributed by atoms with Gasteiger partial charge in [0.05, 0.1) is 12.0 Å². The van der Waals surface area contributed by atoms with Crippen molar-refractivity contribution in [2.75, 3.05) is 5.32 Å². The summed E-state index contributed by atoms with van der Waals surface area (Å²) in [4.78, 5) is 35.7. The van der Waals surface area contributed by atoms with Crippen molar-refractivity contribution in [2.45, 2.75) is 25.9 Å². The first-order valence-electron chi connectivity index (χ1n) is 7.19. The Bertz CT molecular complexity index is 860. The Balaban J connectivity index is 1.87. The zero-order chi connectivity index (χ0) is 16.8. The third-order valence-electron chi connectivity index (χ3n) is 3.65. The van der Waals surface area contributed by atoms with E-state index < -0.39 is 11.5 Å². The molecule has 7 nitrogen and oxygen atoms in total. The molecule has 0 saturated carbocycles. The number of fused-ring (bicyclic) bond motifs is 1. The van der Waals surface area contributed by atoms with E-state index in [4.69, 9.17) is 4.74 Å². The number of H-pyrrole nitrogens is 1. The van der Waals surface area contributed by atoms with Gasteiger partial charge < -0.3 is 10.1 Å². The van der Waals surface area contributed by atoms with Crippen LogP contribution in [-0.4, -0.2) is 27.1 Å². The van der Waals surface area contributed by atoms with Gasteiger partial charge in [0.15, 0.2) is 5.78 Å². The number of anilines is 1. The highest BCUT2D eigenvalue weighted by Gasteiger charge is 2.32. The molecule has 120 valence electrons. The minimum atomic E-state index is -0.530. The molecule has 1 aromatic heterocycles. The van der Waals surface area contributed by atoms with Crippen LogP contribution in [0.15, 0.2) is 29.1 Å². The van der Waals surface area contributed by atoms with E-state index in [0.29, 0.717) is 17.0 Å². The fourth-order valence-electron chi connectivity index (χ4n) is 2.62. The van der Waals surface area contributed by atoms with Gasteiger partial charge in [-0.2, -0.15) is 0 Å². The number of Topliss-reactive ketones (excluding diaryl/α,β-unsaturated/α-hetero) is 1. The second-order valence-electron chi connectivity index (χ2n) is 6.19. The highest BCUT2D eigenvalue weighted by Crippen LogP contribution is 2.34. The van der Waals surface area contributed by atoms with E-state index in [0.717, 1.165) is 0 Å². The molecule has 1 aromatic carbocycles. The lowest BCUT2D eigenvalue weighted by molar-refractivity contribution is 0.0620.